The molecular weight excluding hydrogens is 397 g/mol. The second-order valence-corrected chi connectivity index (χ2v) is 6.90. The molecule has 9 heteroatoms. The van der Waals surface area contributed by atoms with Crippen LogP contribution in [0.5, 0.6) is 0 Å². The molecule has 1 N–H and O–H groups in total. The standard InChI is InChI=1S/C20H15ClFN5O2/c1-12-5-6-13(21)7-17(12)27-19-16(9-24-27)20(29)26(11-23-19)10-18(28)25-15-4-2-3-14(22)8-15/h2-9,11H,10H2,1H3,(H,25,28). The van der Waals surface area contributed by atoms with Crippen molar-refractivity contribution in [2.75, 3.05) is 5.32 Å². The number of aryl methyl sites for hydroxylation is 1. The van der Waals surface area contributed by atoms with Crippen LogP contribution in [0, 0.1) is 12.7 Å². The van der Waals surface area contributed by atoms with E-state index >= 15 is 0 Å². The number of hydrogen-bond donors (Lipinski definition) is 1. The first kappa shape index (κ1) is 18.8. The average Bonchev–Trinajstić information content (AvgIpc) is 3.10. The molecule has 29 heavy (non-hydrogen) atoms. The number of hydrogen-bond acceptors (Lipinski definition) is 4. The smallest absolute Gasteiger partial charge is 0.264 e. The van der Waals surface area contributed by atoms with Crippen LogP contribution >= 0.6 is 11.6 Å². The van der Waals surface area contributed by atoms with Crippen LogP contribution in [0.25, 0.3) is 16.7 Å². The van der Waals surface area contributed by atoms with Gasteiger partial charge in [-0.05, 0) is 42.8 Å². The molecule has 2 aromatic heterocycles. The van der Waals surface area contributed by atoms with Crippen molar-refractivity contribution in [1.29, 1.82) is 0 Å². The molecule has 0 aliphatic rings. The molecule has 2 aromatic carbocycles. The predicted molar refractivity (Wildman–Crippen MR) is 108 cm³/mol. The highest BCUT2D eigenvalue weighted by atomic mass is 35.5. The largest absolute Gasteiger partial charge is 0.324 e. The van der Waals surface area contributed by atoms with Gasteiger partial charge >= 0.3 is 0 Å². The van der Waals surface area contributed by atoms with Gasteiger partial charge in [0.25, 0.3) is 5.56 Å². The van der Waals surface area contributed by atoms with E-state index in [4.69, 9.17) is 11.6 Å². The van der Waals surface area contributed by atoms with Crippen molar-refractivity contribution >= 4 is 34.2 Å². The average molecular weight is 412 g/mol. The minimum atomic E-state index is -0.475. The van der Waals surface area contributed by atoms with E-state index < -0.39 is 17.3 Å². The van der Waals surface area contributed by atoms with Gasteiger partial charge in [-0.15, -0.1) is 0 Å². The summed E-state index contributed by atoms with van der Waals surface area (Å²) in [7, 11) is 0. The van der Waals surface area contributed by atoms with Gasteiger partial charge in [-0.2, -0.15) is 5.10 Å². The molecule has 2 heterocycles. The lowest BCUT2D eigenvalue weighted by Gasteiger charge is -2.09. The highest BCUT2D eigenvalue weighted by molar-refractivity contribution is 6.30. The van der Waals surface area contributed by atoms with E-state index in [9.17, 15) is 14.0 Å². The summed E-state index contributed by atoms with van der Waals surface area (Å²) < 4.78 is 16.0. The molecule has 146 valence electrons. The molecule has 4 rings (SSSR count). The molecule has 0 saturated carbocycles. The summed E-state index contributed by atoms with van der Waals surface area (Å²) in [6, 6.07) is 10.9. The third-order valence-corrected chi connectivity index (χ3v) is 4.61. The van der Waals surface area contributed by atoms with E-state index in [2.05, 4.69) is 15.4 Å². The fraction of sp³-hybridized carbons (Fsp3) is 0.100. The van der Waals surface area contributed by atoms with Crippen molar-refractivity contribution in [3.8, 4) is 5.69 Å². The minimum Gasteiger partial charge on any atom is -0.324 e. The zero-order chi connectivity index (χ0) is 20.5. The third kappa shape index (κ3) is 3.74. The molecule has 7 nitrogen and oxygen atoms in total. The molecule has 0 fully saturated rings. The fourth-order valence-corrected chi connectivity index (χ4v) is 3.14. The van der Waals surface area contributed by atoms with Gasteiger partial charge in [0.15, 0.2) is 5.65 Å². The van der Waals surface area contributed by atoms with Crippen molar-refractivity contribution in [3.63, 3.8) is 0 Å². The topological polar surface area (TPSA) is 81.8 Å². The molecule has 0 aliphatic carbocycles. The number of aromatic nitrogens is 4. The van der Waals surface area contributed by atoms with Gasteiger partial charge in [-0.25, -0.2) is 14.1 Å². The summed E-state index contributed by atoms with van der Waals surface area (Å²) >= 11 is 6.08. The number of benzene rings is 2. The van der Waals surface area contributed by atoms with Crippen LogP contribution < -0.4 is 10.9 Å². The molecule has 0 spiro atoms. The summed E-state index contributed by atoms with van der Waals surface area (Å²) in [5.41, 5.74) is 1.89. The van der Waals surface area contributed by atoms with Gasteiger partial charge in [0.05, 0.1) is 11.9 Å². The van der Waals surface area contributed by atoms with Gasteiger partial charge in [0, 0.05) is 10.7 Å². The first-order valence-corrected chi connectivity index (χ1v) is 9.05. The van der Waals surface area contributed by atoms with E-state index in [0.717, 1.165) is 5.56 Å². The Hall–Kier alpha value is -3.52. The lowest BCUT2D eigenvalue weighted by molar-refractivity contribution is -0.116. The van der Waals surface area contributed by atoms with Crippen molar-refractivity contribution in [3.05, 3.63) is 81.7 Å². The molecular formula is C20H15ClFN5O2. The molecule has 0 saturated heterocycles. The van der Waals surface area contributed by atoms with E-state index in [1.54, 1.807) is 18.2 Å². The Morgan fingerprint density at radius 1 is 1.24 bits per heavy atom. The summed E-state index contributed by atoms with van der Waals surface area (Å²) in [5, 5.41) is 7.62. The SMILES string of the molecule is Cc1ccc(Cl)cc1-n1ncc2c(=O)n(CC(=O)Nc3cccc(F)c3)cnc21. The Morgan fingerprint density at radius 3 is 2.86 bits per heavy atom. The number of nitrogens with zero attached hydrogens (tertiary/aromatic N) is 4. The fourth-order valence-electron chi connectivity index (χ4n) is 2.97. The Balaban J connectivity index is 1.64. The molecule has 0 atom stereocenters. The molecule has 0 bridgehead atoms. The number of rotatable bonds is 4. The van der Waals surface area contributed by atoms with Crippen LogP contribution in [0.2, 0.25) is 5.02 Å². The maximum atomic E-state index is 13.2. The predicted octanol–water partition coefficient (Wildman–Crippen LogP) is 3.32. The summed E-state index contributed by atoms with van der Waals surface area (Å²) in [6.07, 6.45) is 2.69. The van der Waals surface area contributed by atoms with Gasteiger partial charge in [0.1, 0.15) is 24.1 Å². The van der Waals surface area contributed by atoms with Crippen LogP contribution in [-0.2, 0) is 11.3 Å². The van der Waals surface area contributed by atoms with E-state index in [1.165, 1.54) is 40.0 Å². The molecule has 0 aliphatic heterocycles. The van der Waals surface area contributed by atoms with Gasteiger partial charge in [0.2, 0.25) is 5.91 Å². The lowest BCUT2D eigenvalue weighted by atomic mass is 10.2. The first-order chi connectivity index (χ1) is 13.9. The Bertz CT molecular complexity index is 1300. The summed E-state index contributed by atoms with van der Waals surface area (Å²) in [6.45, 7) is 1.64. The quantitative estimate of drug-likeness (QED) is 0.558. The number of fused-ring (bicyclic) bond motifs is 1. The molecule has 4 aromatic rings. The second kappa shape index (κ2) is 7.48. The van der Waals surface area contributed by atoms with Crippen molar-refractivity contribution in [1.82, 2.24) is 19.3 Å². The van der Waals surface area contributed by atoms with Gasteiger partial charge < -0.3 is 5.32 Å². The summed E-state index contributed by atoms with van der Waals surface area (Å²) in [4.78, 5) is 29.3. The third-order valence-electron chi connectivity index (χ3n) is 4.38. The highest BCUT2D eigenvalue weighted by Gasteiger charge is 2.15. The maximum Gasteiger partial charge on any atom is 0.264 e. The number of anilines is 1. The van der Waals surface area contributed by atoms with E-state index in [1.807, 2.05) is 13.0 Å². The molecule has 0 radical (unpaired) electrons. The summed E-state index contributed by atoms with van der Waals surface area (Å²) in [5.74, 6) is -0.941. The monoisotopic (exact) mass is 411 g/mol. The van der Waals surface area contributed by atoms with Crippen molar-refractivity contribution in [2.45, 2.75) is 13.5 Å². The van der Waals surface area contributed by atoms with E-state index in [0.29, 0.717) is 22.0 Å². The van der Waals surface area contributed by atoms with E-state index in [-0.39, 0.29) is 11.9 Å². The maximum absolute atomic E-state index is 13.2. The van der Waals surface area contributed by atoms with Crippen LogP contribution in [0.1, 0.15) is 5.56 Å². The van der Waals surface area contributed by atoms with Crippen molar-refractivity contribution < 1.29 is 9.18 Å². The van der Waals surface area contributed by atoms with Crippen LogP contribution in [0.3, 0.4) is 0 Å². The minimum absolute atomic E-state index is 0.264. The van der Waals surface area contributed by atoms with Crippen LogP contribution in [0.4, 0.5) is 10.1 Å². The second-order valence-electron chi connectivity index (χ2n) is 6.46. The Morgan fingerprint density at radius 2 is 2.07 bits per heavy atom. The number of nitrogens with one attached hydrogen (secondary N) is 1. The lowest BCUT2D eigenvalue weighted by Crippen LogP contribution is -2.27. The van der Waals surface area contributed by atoms with Gasteiger partial charge in [-0.1, -0.05) is 23.7 Å². The van der Waals surface area contributed by atoms with Crippen molar-refractivity contribution in [2.24, 2.45) is 0 Å². The normalized spacial score (nSPS) is 11.0. The highest BCUT2D eigenvalue weighted by Crippen LogP contribution is 2.21. The Labute approximate surface area is 169 Å². The number of halogens is 2. The van der Waals surface area contributed by atoms with Gasteiger partial charge in [-0.3, -0.25) is 14.2 Å². The Kier molecular flexibility index (Phi) is 4.85. The first-order valence-electron chi connectivity index (χ1n) is 8.67. The van der Waals surface area contributed by atoms with Crippen LogP contribution in [-0.4, -0.2) is 25.2 Å². The number of carbonyl (C=O) groups is 1. The zero-order valence-electron chi connectivity index (χ0n) is 15.3. The number of amides is 1. The molecule has 0 unspecified atom stereocenters. The van der Waals surface area contributed by atoms with Crippen LogP contribution in [0.15, 0.2) is 59.8 Å². The molecule has 1 amide bonds. The zero-order valence-corrected chi connectivity index (χ0v) is 16.0. The number of carbonyl (C=O) groups excluding carboxylic acids is 1.